The third-order valence-corrected chi connectivity index (χ3v) is 2.98. The predicted molar refractivity (Wildman–Crippen MR) is 57.5 cm³/mol. The summed E-state index contributed by atoms with van der Waals surface area (Å²) in [4.78, 5) is 6.94. The summed E-state index contributed by atoms with van der Waals surface area (Å²) in [5, 5.41) is -0.319. The summed E-state index contributed by atoms with van der Waals surface area (Å²) in [5.41, 5.74) is 0. The molecular weight excluding hydrogens is 273 g/mol. The van der Waals surface area contributed by atoms with E-state index in [0.29, 0.717) is 11.8 Å². The maximum absolute atomic E-state index is 13.3. The number of hydrogen-bond donors (Lipinski definition) is 0. The van der Waals surface area contributed by atoms with Gasteiger partial charge in [0.05, 0.1) is 11.1 Å². The van der Waals surface area contributed by atoms with Gasteiger partial charge in [-0.1, -0.05) is 11.8 Å². The van der Waals surface area contributed by atoms with Gasteiger partial charge in [0.2, 0.25) is 5.28 Å². The molecule has 0 bridgehead atoms. The molecule has 0 aliphatic rings. The first-order valence-corrected chi connectivity index (χ1v) is 5.56. The van der Waals surface area contributed by atoms with Crippen LogP contribution >= 0.6 is 23.4 Å². The molecule has 0 fully saturated rings. The second-order valence-electron chi connectivity index (χ2n) is 2.97. The second kappa shape index (κ2) is 4.93. The van der Waals surface area contributed by atoms with Crippen LogP contribution in [0.3, 0.4) is 0 Å². The van der Waals surface area contributed by atoms with Crippen LogP contribution in [-0.4, -0.2) is 9.97 Å². The lowest BCUT2D eigenvalue weighted by molar-refractivity contribution is 0.570. The maximum Gasteiger partial charge on any atom is 0.223 e. The molecule has 0 saturated heterocycles. The second-order valence-corrected chi connectivity index (χ2v) is 4.34. The Hall–Kier alpha value is -1.27. The van der Waals surface area contributed by atoms with Crippen LogP contribution < -0.4 is 0 Å². The van der Waals surface area contributed by atoms with Gasteiger partial charge < -0.3 is 0 Å². The molecule has 17 heavy (non-hydrogen) atoms. The summed E-state index contributed by atoms with van der Waals surface area (Å²) in [6, 6.07) is 2.89. The first kappa shape index (κ1) is 12.2. The van der Waals surface area contributed by atoms with Crippen molar-refractivity contribution in [3.8, 4) is 0 Å². The zero-order chi connectivity index (χ0) is 12.4. The van der Waals surface area contributed by atoms with E-state index in [9.17, 15) is 13.2 Å². The Morgan fingerprint density at radius 3 is 2.65 bits per heavy atom. The Labute approximate surface area is 104 Å². The fourth-order valence-electron chi connectivity index (χ4n) is 1.06. The first-order chi connectivity index (χ1) is 8.06. The Balaban J connectivity index is 2.37. The topological polar surface area (TPSA) is 25.8 Å². The predicted octanol–water partition coefficient (Wildman–Crippen LogP) is 3.70. The normalized spacial score (nSPS) is 10.6. The molecule has 0 N–H and O–H groups in total. The Morgan fingerprint density at radius 1 is 1.12 bits per heavy atom. The number of rotatable bonds is 2. The summed E-state index contributed by atoms with van der Waals surface area (Å²) in [6.45, 7) is 0. The number of benzene rings is 1. The van der Waals surface area contributed by atoms with E-state index in [1.807, 2.05) is 0 Å². The van der Waals surface area contributed by atoms with Gasteiger partial charge in [0.1, 0.15) is 16.7 Å². The fraction of sp³-hybridized carbons (Fsp3) is 0. The lowest BCUT2D eigenvalue weighted by Crippen LogP contribution is -1.92. The van der Waals surface area contributed by atoms with Crippen molar-refractivity contribution in [2.24, 2.45) is 0 Å². The number of hydrogen-bond acceptors (Lipinski definition) is 3. The quantitative estimate of drug-likeness (QED) is 0.618. The molecule has 2 rings (SSSR count). The van der Waals surface area contributed by atoms with Crippen molar-refractivity contribution in [1.82, 2.24) is 9.97 Å². The van der Waals surface area contributed by atoms with Crippen molar-refractivity contribution in [1.29, 1.82) is 0 Å². The van der Waals surface area contributed by atoms with E-state index < -0.39 is 17.5 Å². The number of aromatic nitrogens is 2. The van der Waals surface area contributed by atoms with Gasteiger partial charge >= 0.3 is 0 Å². The van der Waals surface area contributed by atoms with Crippen molar-refractivity contribution in [3.05, 3.63) is 47.1 Å². The highest BCUT2D eigenvalue weighted by Crippen LogP contribution is 2.30. The SMILES string of the molecule is Fc1ccc(F)c(Sc2nc(Cl)ncc2F)c1. The molecule has 0 unspecified atom stereocenters. The largest absolute Gasteiger partial charge is 0.223 e. The smallest absolute Gasteiger partial charge is 0.223 e. The van der Waals surface area contributed by atoms with Crippen molar-refractivity contribution in [3.63, 3.8) is 0 Å². The Bertz CT molecular complexity index is 516. The number of nitrogens with zero attached hydrogens (tertiary/aromatic N) is 2. The van der Waals surface area contributed by atoms with E-state index in [1.165, 1.54) is 0 Å². The molecule has 7 heteroatoms. The molecular formula is C10H4ClF3N2S. The highest BCUT2D eigenvalue weighted by Gasteiger charge is 2.12. The monoisotopic (exact) mass is 276 g/mol. The zero-order valence-electron chi connectivity index (χ0n) is 8.12. The third kappa shape index (κ3) is 2.89. The average molecular weight is 277 g/mol. The minimum atomic E-state index is -0.747. The molecule has 0 saturated carbocycles. The lowest BCUT2D eigenvalue weighted by atomic mass is 10.3. The maximum atomic E-state index is 13.3. The van der Waals surface area contributed by atoms with Crippen LogP contribution in [0.2, 0.25) is 5.28 Å². The van der Waals surface area contributed by atoms with Gasteiger partial charge in [-0.3, -0.25) is 0 Å². The average Bonchev–Trinajstić information content (AvgIpc) is 2.28. The fourth-order valence-corrected chi connectivity index (χ4v) is 2.07. The van der Waals surface area contributed by atoms with E-state index in [0.717, 1.165) is 24.4 Å². The first-order valence-electron chi connectivity index (χ1n) is 4.37. The van der Waals surface area contributed by atoms with E-state index in [1.54, 1.807) is 0 Å². The minimum absolute atomic E-state index is 0.0707. The molecule has 1 aromatic carbocycles. The molecule has 0 amide bonds. The van der Waals surface area contributed by atoms with E-state index in [2.05, 4.69) is 9.97 Å². The van der Waals surface area contributed by atoms with Crippen LogP contribution in [0.1, 0.15) is 0 Å². The van der Waals surface area contributed by atoms with E-state index in [-0.39, 0.29) is 15.2 Å². The molecule has 1 heterocycles. The van der Waals surface area contributed by atoms with Gasteiger partial charge in [-0.05, 0) is 29.8 Å². The van der Waals surface area contributed by atoms with E-state index >= 15 is 0 Å². The summed E-state index contributed by atoms with van der Waals surface area (Å²) >= 11 is 6.13. The lowest BCUT2D eigenvalue weighted by Gasteiger charge is -2.03. The Kier molecular flexibility index (Phi) is 3.54. The standard InChI is InChI=1S/C10H4ClF3N2S/c11-10-15-4-7(14)9(16-10)17-8-3-5(12)1-2-6(8)13/h1-4H. The molecule has 2 aromatic rings. The molecule has 1 aromatic heterocycles. The third-order valence-electron chi connectivity index (χ3n) is 1.78. The van der Waals surface area contributed by atoms with Crippen LogP contribution in [0.25, 0.3) is 0 Å². The highest BCUT2D eigenvalue weighted by atomic mass is 35.5. The summed E-state index contributed by atoms with van der Waals surface area (Å²) in [5.74, 6) is -2.02. The molecule has 0 spiro atoms. The minimum Gasteiger partial charge on any atom is -0.223 e. The van der Waals surface area contributed by atoms with Gasteiger partial charge in [-0.2, -0.15) is 0 Å². The summed E-state index contributed by atoms with van der Waals surface area (Å²) < 4.78 is 39.5. The van der Waals surface area contributed by atoms with Crippen molar-refractivity contribution >= 4 is 23.4 Å². The van der Waals surface area contributed by atoms with E-state index in [4.69, 9.17) is 11.6 Å². The molecule has 0 aliphatic carbocycles. The summed E-state index contributed by atoms with van der Waals surface area (Å²) in [6.07, 6.45) is 0.870. The zero-order valence-corrected chi connectivity index (χ0v) is 9.70. The summed E-state index contributed by atoms with van der Waals surface area (Å²) in [7, 11) is 0. The van der Waals surface area contributed by atoms with Gasteiger partial charge in [0, 0.05) is 0 Å². The molecule has 0 aliphatic heterocycles. The van der Waals surface area contributed by atoms with Crippen molar-refractivity contribution in [2.45, 2.75) is 9.92 Å². The molecule has 0 radical (unpaired) electrons. The van der Waals surface area contributed by atoms with Crippen LogP contribution in [0.15, 0.2) is 34.3 Å². The highest BCUT2D eigenvalue weighted by molar-refractivity contribution is 7.99. The van der Waals surface area contributed by atoms with Crippen molar-refractivity contribution < 1.29 is 13.2 Å². The van der Waals surface area contributed by atoms with Crippen LogP contribution in [0.4, 0.5) is 13.2 Å². The van der Waals surface area contributed by atoms with Gasteiger partial charge in [0.15, 0.2) is 5.82 Å². The van der Waals surface area contributed by atoms with Crippen molar-refractivity contribution in [2.75, 3.05) is 0 Å². The van der Waals surface area contributed by atoms with Gasteiger partial charge in [-0.25, -0.2) is 23.1 Å². The van der Waals surface area contributed by atoms with Crippen LogP contribution in [0, 0.1) is 17.5 Å². The molecule has 88 valence electrons. The number of halogens is 4. The van der Waals surface area contributed by atoms with Crippen LogP contribution in [-0.2, 0) is 0 Å². The van der Waals surface area contributed by atoms with Crippen LogP contribution in [0.5, 0.6) is 0 Å². The molecule has 0 atom stereocenters. The van der Waals surface area contributed by atoms with Gasteiger partial charge in [0.25, 0.3) is 0 Å². The Morgan fingerprint density at radius 2 is 1.88 bits per heavy atom. The van der Waals surface area contributed by atoms with Gasteiger partial charge in [-0.15, -0.1) is 0 Å². The molecule has 2 nitrogen and oxygen atoms in total.